The van der Waals surface area contributed by atoms with E-state index >= 15 is 0 Å². The van der Waals surface area contributed by atoms with Crippen LogP contribution in [0.25, 0.3) is 6.08 Å². The molecule has 0 bridgehead atoms. The number of carboxylic acid groups (broad SMARTS) is 1. The van der Waals surface area contributed by atoms with Gasteiger partial charge in [-0.2, -0.15) is 0 Å². The van der Waals surface area contributed by atoms with Crippen LogP contribution in [0.2, 0.25) is 0 Å². The number of carboxylic acids is 1. The maximum absolute atomic E-state index is 10.1. The van der Waals surface area contributed by atoms with E-state index in [0.717, 1.165) is 5.56 Å². The highest BCUT2D eigenvalue weighted by Gasteiger charge is 1.89. The molecule has 62 valence electrons. The molecule has 0 fully saturated rings. The number of rotatable bonds is 3. The van der Waals surface area contributed by atoms with Gasteiger partial charge in [-0.3, -0.25) is 9.78 Å². The molecule has 0 unspecified atom stereocenters. The predicted octanol–water partition coefficient (Wildman–Crippen LogP) is 1.57. The fraction of sp³-hybridized carbons (Fsp3) is 0.111. The minimum atomic E-state index is -0.819. The van der Waals surface area contributed by atoms with Crippen LogP contribution in [-0.2, 0) is 4.79 Å². The molecule has 0 spiro atoms. The summed E-state index contributed by atoms with van der Waals surface area (Å²) in [6, 6.07) is 3.64. The van der Waals surface area contributed by atoms with Crippen LogP contribution < -0.4 is 0 Å². The van der Waals surface area contributed by atoms with Gasteiger partial charge in [0.15, 0.2) is 0 Å². The predicted molar refractivity (Wildman–Crippen MR) is 45.5 cm³/mol. The van der Waals surface area contributed by atoms with Crippen LogP contribution in [0.15, 0.2) is 30.6 Å². The summed E-state index contributed by atoms with van der Waals surface area (Å²) in [6.45, 7) is 0. The van der Waals surface area contributed by atoms with E-state index in [0.29, 0.717) is 0 Å². The molecule has 0 aliphatic carbocycles. The molecule has 12 heavy (non-hydrogen) atoms. The molecular weight excluding hydrogens is 154 g/mol. The van der Waals surface area contributed by atoms with Crippen molar-refractivity contribution >= 4 is 12.0 Å². The molecule has 0 saturated carbocycles. The Labute approximate surface area is 70.4 Å². The van der Waals surface area contributed by atoms with E-state index in [1.165, 1.54) is 0 Å². The molecule has 1 aromatic rings. The molecule has 0 aromatic carbocycles. The summed E-state index contributed by atoms with van der Waals surface area (Å²) in [5, 5.41) is 8.33. The van der Waals surface area contributed by atoms with Crippen LogP contribution in [-0.4, -0.2) is 16.1 Å². The largest absolute Gasteiger partial charge is 0.481 e. The summed E-state index contributed by atoms with van der Waals surface area (Å²) in [5.74, 6) is -0.819. The summed E-state index contributed by atoms with van der Waals surface area (Å²) >= 11 is 0. The van der Waals surface area contributed by atoms with Crippen molar-refractivity contribution in [1.29, 1.82) is 0 Å². The van der Waals surface area contributed by atoms with Crippen molar-refractivity contribution in [3.63, 3.8) is 0 Å². The third-order valence-electron chi connectivity index (χ3n) is 1.31. The third-order valence-corrected chi connectivity index (χ3v) is 1.31. The van der Waals surface area contributed by atoms with Crippen LogP contribution in [0, 0.1) is 0 Å². The maximum atomic E-state index is 10.1. The molecule has 3 heteroatoms. The lowest BCUT2D eigenvalue weighted by Gasteiger charge is -1.88. The first-order valence-corrected chi connectivity index (χ1v) is 3.57. The van der Waals surface area contributed by atoms with E-state index in [4.69, 9.17) is 5.11 Å². The Balaban J connectivity index is 2.52. The smallest absolute Gasteiger partial charge is 0.307 e. The van der Waals surface area contributed by atoms with Crippen LogP contribution in [0.1, 0.15) is 12.0 Å². The third kappa shape index (κ3) is 2.96. The highest BCUT2D eigenvalue weighted by molar-refractivity contribution is 5.70. The fourth-order valence-electron chi connectivity index (χ4n) is 0.770. The van der Waals surface area contributed by atoms with Gasteiger partial charge in [-0.15, -0.1) is 0 Å². The van der Waals surface area contributed by atoms with Crippen LogP contribution in [0.5, 0.6) is 0 Å². The second-order valence-corrected chi connectivity index (χ2v) is 2.28. The molecule has 1 N–H and O–H groups in total. The number of aromatic nitrogens is 1. The average Bonchev–Trinajstić information content (AvgIpc) is 2.05. The van der Waals surface area contributed by atoms with Gasteiger partial charge in [-0.05, 0) is 17.7 Å². The van der Waals surface area contributed by atoms with Crippen molar-refractivity contribution < 1.29 is 9.90 Å². The Morgan fingerprint density at radius 3 is 2.75 bits per heavy atom. The van der Waals surface area contributed by atoms with Crippen molar-refractivity contribution in [2.45, 2.75) is 6.42 Å². The van der Waals surface area contributed by atoms with Gasteiger partial charge in [0.25, 0.3) is 0 Å². The van der Waals surface area contributed by atoms with Gasteiger partial charge in [0.2, 0.25) is 0 Å². The number of nitrogens with zero attached hydrogens (tertiary/aromatic N) is 1. The Kier molecular flexibility index (Phi) is 3.02. The summed E-state index contributed by atoms with van der Waals surface area (Å²) in [4.78, 5) is 14.0. The van der Waals surface area contributed by atoms with Gasteiger partial charge in [0.1, 0.15) is 0 Å². The first-order valence-electron chi connectivity index (χ1n) is 3.57. The molecule has 0 atom stereocenters. The second-order valence-electron chi connectivity index (χ2n) is 2.28. The number of hydrogen-bond donors (Lipinski definition) is 1. The zero-order chi connectivity index (χ0) is 8.81. The lowest BCUT2D eigenvalue weighted by molar-refractivity contribution is -0.135. The molecule has 0 radical (unpaired) electrons. The van der Waals surface area contributed by atoms with Crippen molar-refractivity contribution in [1.82, 2.24) is 4.98 Å². The molecule has 1 aromatic heterocycles. The molecule has 1 rings (SSSR count). The van der Waals surface area contributed by atoms with E-state index in [1.807, 2.05) is 12.1 Å². The molecule has 1 heterocycles. The van der Waals surface area contributed by atoms with Crippen molar-refractivity contribution in [2.24, 2.45) is 0 Å². The topological polar surface area (TPSA) is 50.2 Å². The Morgan fingerprint density at radius 2 is 2.17 bits per heavy atom. The number of pyridine rings is 1. The molecule has 3 nitrogen and oxygen atoms in total. The van der Waals surface area contributed by atoms with Crippen LogP contribution in [0.3, 0.4) is 0 Å². The highest BCUT2D eigenvalue weighted by Crippen LogP contribution is 1.99. The lowest BCUT2D eigenvalue weighted by Crippen LogP contribution is -1.89. The van der Waals surface area contributed by atoms with Gasteiger partial charge in [-0.25, -0.2) is 0 Å². The zero-order valence-corrected chi connectivity index (χ0v) is 6.47. The SMILES string of the molecule is O=C(O)CC=Cc1ccncc1. The number of hydrogen-bond acceptors (Lipinski definition) is 2. The van der Waals surface area contributed by atoms with Gasteiger partial charge >= 0.3 is 5.97 Å². The minimum Gasteiger partial charge on any atom is -0.481 e. The summed E-state index contributed by atoms with van der Waals surface area (Å²) in [6.07, 6.45) is 6.76. The maximum Gasteiger partial charge on any atom is 0.307 e. The normalized spacial score (nSPS) is 10.3. The molecular formula is C9H9NO2. The van der Waals surface area contributed by atoms with Crippen molar-refractivity contribution in [3.05, 3.63) is 36.2 Å². The van der Waals surface area contributed by atoms with Crippen LogP contribution >= 0.6 is 0 Å². The Bertz CT molecular complexity index is 280. The van der Waals surface area contributed by atoms with Gasteiger partial charge in [-0.1, -0.05) is 12.2 Å². The zero-order valence-electron chi connectivity index (χ0n) is 6.47. The lowest BCUT2D eigenvalue weighted by atomic mass is 10.2. The monoisotopic (exact) mass is 163 g/mol. The quantitative estimate of drug-likeness (QED) is 0.735. The average molecular weight is 163 g/mol. The highest BCUT2D eigenvalue weighted by atomic mass is 16.4. The Morgan fingerprint density at radius 1 is 1.50 bits per heavy atom. The first-order chi connectivity index (χ1) is 5.79. The van der Waals surface area contributed by atoms with Gasteiger partial charge < -0.3 is 5.11 Å². The van der Waals surface area contributed by atoms with E-state index in [9.17, 15) is 4.79 Å². The fourth-order valence-corrected chi connectivity index (χ4v) is 0.770. The van der Waals surface area contributed by atoms with E-state index in [-0.39, 0.29) is 6.42 Å². The van der Waals surface area contributed by atoms with Gasteiger partial charge in [0, 0.05) is 12.4 Å². The molecule has 0 amide bonds. The van der Waals surface area contributed by atoms with Gasteiger partial charge in [0.05, 0.1) is 6.42 Å². The molecule has 0 aliphatic heterocycles. The summed E-state index contributed by atoms with van der Waals surface area (Å²) in [5.41, 5.74) is 0.964. The summed E-state index contributed by atoms with van der Waals surface area (Å²) in [7, 11) is 0. The van der Waals surface area contributed by atoms with E-state index in [1.54, 1.807) is 24.5 Å². The molecule has 0 aliphatic rings. The second kappa shape index (κ2) is 4.28. The van der Waals surface area contributed by atoms with Crippen molar-refractivity contribution in [2.75, 3.05) is 0 Å². The van der Waals surface area contributed by atoms with E-state index < -0.39 is 5.97 Å². The van der Waals surface area contributed by atoms with Crippen LogP contribution in [0.4, 0.5) is 0 Å². The first kappa shape index (κ1) is 8.46. The Hall–Kier alpha value is -1.64. The summed E-state index contributed by atoms with van der Waals surface area (Å²) < 4.78 is 0. The minimum absolute atomic E-state index is 0.0579. The van der Waals surface area contributed by atoms with Crippen molar-refractivity contribution in [3.8, 4) is 0 Å². The standard InChI is InChI=1S/C9H9NO2/c11-9(12)3-1-2-8-4-6-10-7-5-8/h1-2,4-7H,3H2,(H,11,12). The number of aliphatic carboxylic acids is 1. The van der Waals surface area contributed by atoms with E-state index in [2.05, 4.69) is 4.98 Å². The molecule has 0 saturated heterocycles. The number of carbonyl (C=O) groups is 1.